The number of nitrogen functional groups attached to an aromatic ring is 1. The lowest BCUT2D eigenvalue weighted by Gasteiger charge is -2.13. The lowest BCUT2D eigenvalue weighted by atomic mass is 10.1. The summed E-state index contributed by atoms with van der Waals surface area (Å²) in [6, 6.07) is 3.04. The molecule has 0 amide bonds. The van der Waals surface area contributed by atoms with Gasteiger partial charge in [0, 0.05) is 12.6 Å². The average Bonchev–Trinajstić information content (AvgIpc) is 2.74. The van der Waals surface area contributed by atoms with E-state index in [4.69, 9.17) is 5.73 Å². The van der Waals surface area contributed by atoms with Crippen molar-refractivity contribution < 1.29 is 4.39 Å². The van der Waals surface area contributed by atoms with E-state index in [0.717, 1.165) is 12.2 Å². The van der Waals surface area contributed by atoms with E-state index in [-0.39, 0.29) is 5.82 Å². The maximum Gasteiger partial charge on any atom is 0.139 e. The molecule has 1 aliphatic heterocycles. The standard InChI is InChI=1S/C11H14BrFN2S/c12-8-3-11(10(14)4-9(8)13)15-5-7-1-2-16-6-7/h3-4,7,15H,1-2,5-6,14H2. The fourth-order valence-electron chi connectivity index (χ4n) is 1.71. The molecule has 1 heterocycles. The summed E-state index contributed by atoms with van der Waals surface area (Å²) in [6.07, 6.45) is 1.25. The molecule has 0 saturated carbocycles. The van der Waals surface area contributed by atoms with Crippen LogP contribution in [0.5, 0.6) is 0 Å². The average molecular weight is 305 g/mol. The first-order valence-corrected chi connectivity index (χ1v) is 7.17. The van der Waals surface area contributed by atoms with E-state index in [1.54, 1.807) is 6.07 Å². The number of rotatable bonds is 3. The first-order chi connectivity index (χ1) is 7.66. The first kappa shape index (κ1) is 12.0. The molecule has 2 nitrogen and oxygen atoms in total. The fourth-order valence-corrected chi connectivity index (χ4v) is 3.34. The van der Waals surface area contributed by atoms with Crippen molar-refractivity contribution in [2.24, 2.45) is 5.92 Å². The second-order valence-electron chi connectivity index (χ2n) is 3.96. The number of hydrogen-bond donors (Lipinski definition) is 2. The number of halogens is 2. The summed E-state index contributed by atoms with van der Waals surface area (Å²) < 4.78 is 13.6. The fraction of sp³-hybridized carbons (Fsp3) is 0.455. The Morgan fingerprint density at radius 2 is 2.38 bits per heavy atom. The van der Waals surface area contributed by atoms with Crippen LogP contribution in [0.3, 0.4) is 0 Å². The third-order valence-electron chi connectivity index (χ3n) is 2.70. The van der Waals surface area contributed by atoms with Gasteiger partial charge in [0.05, 0.1) is 15.8 Å². The summed E-state index contributed by atoms with van der Waals surface area (Å²) in [5, 5.41) is 3.29. The monoisotopic (exact) mass is 304 g/mol. The Kier molecular flexibility index (Phi) is 3.97. The second-order valence-corrected chi connectivity index (χ2v) is 5.97. The second kappa shape index (κ2) is 5.27. The van der Waals surface area contributed by atoms with Gasteiger partial charge in [0.2, 0.25) is 0 Å². The van der Waals surface area contributed by atoms with E-state index in [9.17, 15) is 4.39 Å². The molecule has 3 N–H and O–H groups in total. The highest BCUT2D eigenvalue weighted by molar-refractivity contribution is 9.10. The Hall–Kier alpha value is -0.420. The van der Waals surface area contributed by atoms with Crippen molar-refractivity contribution in [2.45, 2.75) is 6.42 Å². The van der Waals surface area contributed by atoms with Crippen molar-refractivity contribution in [2.75, 3.05) is 29.1 Å². The molecule has 1 atom stereocenters. The largest absolute Gasteiger partial charge is 0.397 e. The third kappa shape index (κ3) is 2.83. The maximum atomic E-state index is 13.1. The van der Waals surface area contributed by atoms with E-state index in [1.165, 1.54) is 24.0 Å². The number of benzene rings is 1. The zero-order valence-electron chi connectivity index (χ0n) is 8.80. The number of thioether (sulfide) groups is 1. The molecule has 0 bridgehead atoms. The molecule has 0 aliphatic carbocycles. The predicted molar refractivity (Wildman–Crippen MR) is 72.4 cm³/mol. The van der Waals surface area contributed by atoms with Crippen LogP contribution in [0.4, 0.5) is 15.8 Å². The molecule has 1 aromatic rings. The van der Waals surface area contributed by atoms with Crippen LogP contribution < -0.4 is 11.1 Å². The van der Waals surface area contributed by atoms with Gasteiger partial charge < -0.3 is 11.1 Å². The van der Waals surface area contributed by atoms with Gasteiger partial charge in [-0.2, -0.15) is 11.8 Å². The molecule has 1 unspecified atom stereocenters. The van der Waals surface area contributed by atoms with Crippen LogP contribution in [0.1, 0.15) is 6.42 Å². The van der Waals surface area contributed by atoms with Crippen LogP contribution >= 0.6 is 27.7 Å². The summed E-state index contributed by atoms with van der Waals surface area (Å²) in [4.78, 5) is 0. The highest BCUT2D eigenvalue weighted by atomic mass is 79.9. The molecule has 88 valence electrons. The molecular weight excluding hydrogens is 291 g/mol. The highest BCUT2D eigenvalue weighted by Crippen LogP contribution is 2.28. The number of nitrogens with two attached hydrogens (primary N) is 1. The summed E-state index contributed by atoms with van der Waals surface area (Å²) in [5.74, 6) is 2.83. The van der Waals surface area contributed by atoms with Crippen molar-refractivity contribution >= 4 is 39.1 Å². The van der Waals surface area contributed by atoms with Crippen LogP contribution in [0.15, 0.2) is 16.6 Å². The zero-order valence-corrected chi connectivity index (χ0v) is 11.2. The summed E-state index contributed by atoms with van der Waals surface area (Å²) in [5.41, 5.74) is 7.02. The molecule has 0 aromatic heterocycles. The zero-order chi connectivity index (χ0) is 11.5. The predicted octanol–water partition coefficient (Wildman–Crippen LogP) is 3.34. The maximum absolute atomic E-state index is 13.1. The molecule has 16 heavy (non-hydrogen) atoms. The molecule has 1 fully saturated rings. The first-order valence-electron chi connectivity index (χ1n) is 5.23. The molecule has 5 heteroatoms. The van der Waals surface area contributed by atoms with Crippen molar-refractivity contribution in [1.82, 2.24) is 0 Å². The van der Waals surface area contributed by atoms with Gasteiger partial charge in [-0.25, -0.2) is 4.39 Å². The quantitative estimate of drug-likeness (QED) is 0.841. The Labute approximate surface area is 107 Å². The molecule has 1 aliphatic rings. The van der Waals surface area contributed by atoms with Crippen LogP contribution in [0, 0.1) is 11.7 Å². The molecule has 1 aromatic carbocycles. The van der Waals surface area contributed by atoms with Crippen molar-refractivity contribution in [3.8, 4) is 0 Å². The summed E-state index contributed by atoms with van der Waals surface area (Å²) in [6.45, 7) is 0.912. The number of nitrogens with one attached hydrogen (secondary N) is 1. The van der Waals surface area contributed by atoms with Crippen LogP contribution in [-0.2, 0) is 0 Å². The lowest BCUT2D eigenvalue weighted by Crippen LogP contribution is -2.14. The Morgan fingerprint density at radius 3 is 3.06 bits per heavy atom. The molecule has 2 rings (SSSR count). The molecule has 1 saturated heterocycles. The Morgan fingerprint density at radius 1 is 1.56 bits per heavy atom. The van der Waals surface area contributed by atoms with Gasteiger partial charge in [-0.3, -0.25) is 0 Å². The van der Waals surface area contributed by atoms with Crippen LogP contribution in [0.25, 0.3) is 0 Å². The van der Waals surface area contributed by atoms with Crippen LogP contribution in [0.2, 0.25) is 0 Å². The van der Waals surface area contributed by atoms with E-state index in [1.807, 2.05) is 11.8 Å². The summed E-state index contributed by atoms with van der Waals surface area (Å²) >= 11 is 5.15. The van der Waals surface area contributed by atoms with E-state index in [0.29, 0.717) is 16.1 Å². The molecular formula is C11H14BrFN2S. The van der Waals surface area contributed by atoms with Crippen molar-refractivity contribution in [1.29, 1.82) is 0 Å². The number of hydrogen-bond acceptors (Lipinski definition) is 3. The van der Waals surface area contributed by atoms with Gasteiger partial charge in [0.1, 0.15) is 5.82 Å². The van der Waals surface area contributed by atoms with E-state index >= 15 is 0 Å². The highest BCUT2D eigenvalue weighted by Gasteiger charge is 2.15. The SMILES string of the molecule is Nc1cc(F)c(Br)cc1NCC1CCSC1. The van der Waals surface area contributed by atoms with Gasteiger partial charge in [-0.1, -0.05) is 0 Å². The minimum absolute atomic E-state index is 0.320. The smallest absolute Gasteiger partial charge is 0.139 e. The van der Waals surface area contributed by atoms with Gasteiger partial charge in [-0.05, 0) is 45.8 Å². The van der Waals surface area contributed by atoms with E-state index in [2.05, 4.69) is 21.2 Å². The Bertz CT molecular complexity index is 380. The summed E-state index contributed by atoms with van der Waals surface area (Å²) in [7, 11) is 0. The molecule has 0 radical (unpaired) electrons. The van der Waals surface area contributed by atoms with Gasteiger partial charge in [0.25, 0.3) is 0 Å². The van der Waals surface area contributed by atoms with Crippen molar-refractivity contribution in [3.63, 3.8) is 0 Å². The van der Waals surface area contributed by atoms with E-state index < -0.39 is 0 Å². The topological polar surface area (TPSA) is 38.0 Å². The Balaban J connectivity index is 2.00. The minimum Gasteiger partial charge on any atom is -0.397 e. The third-order valence-corrected chi connectivity index (χ3v) is 4.54. The van der Waals surface area contributed by atoms with Crippen LogP contribution in [-0.4, -0.2) is 18.1 Å². The van der Waals surface area contributed by atoms with Gasteiger partial charge in [0.15, 0.2) is 0 Å². The van der Waals surface area contributed by atoms with Crippen molar-refractivity contribution in [3.05, 3.63) is 22.4 Å². The minimum atomic E-state index is -0.320. The van der Waals surface area contributed by atoms with Gasteiger partial charge >= 0.3 is 0 Å². The molecule has 0 spiro atoms. The van der Waals surface area contributed by atoms with Gasteiger partial charge in [-0.15, -0.1) is 0 Å². The lowest BCUT2D eigenvalue weighted by molar-refractivity contribution is 0.620. The normalized spacial score (nSPS) is 20.0. The number of anilines is 2.